The Balaban J connectivity index is 1.90. The topological polar surface area (TPSA) is 52.0 Å². The van der Waals surface area contributed by atoms with Gasteiger partial charge in [-0.2, -0.15) is 9.64 Å². The third-order valence-corrected chi connectivity index (χ3v) is 4.31. The van der Waals surface area contributed by atoms with E-state index in [2.05, 4.69) is 27.6 Å². The van der Waals surface area contributed by atoms with Gasteiger partial charge in [0.05, 0.1) is 5.69 Å². The summed E-state index contributed by atoms with van der Waals surface area (Å²) in [6, 6.07) is 2.73. The minimum Gasteiger partial charge on any atom is -0.372 e. The summed E-state index contributed by atoms with van der Waals surface area (Å²) in [5.74, 6) is 0. The third-order valence-electron chi connectivity index (χ3n) is 3.44. The van der Waals surface area contributed by atoms with Gasteiger partial charge in [-0.3, -0.25) is 0 Å². The predicted octanol–water partition coefficient (Wildman–Crippen LogP) is 2.61. The summed E-state index contributed by atoms with van der Waals surface area (Å²) in [4.78, 5) is 2.52. The molecule has 0 amide bonds. The van der Waals surface area contributed by atoms with E-state index in [9.17, 15) is 0 Å². The zero-order valence-electron chi connectivity index (χ0n) is 11.1. The van der Waals surface area contributed by atoms with Gasteiger partial charge in [0, 0.05) is 19.1 Å². The van der Waals surface area contributed by atoms with Gasteiger partial charge in [-0.05, 0) is 44.3 Å². The molecule has 1 aromatic heterocycles. The minimum atomic E-state index is 0.491. The van der Waals surface area contributed by atoms with E-state index in [1.54, 1.807) is 0 Å². The van der Waals surface area contributed by atoms with Crippen molar-refractivity contribution in [3.05, 3.63) is 11.3 Å². The van der Waals surface area contributed by atoms with Crippen LogP contribution in [0.3, 0.4) is 0 Å². The summed E-state index contributed by atoms with van der Waals surface area (Å²) in [6.45, 7) is 7.64. The lowest BCUT2D eigenvalue weighted by Crippen LogP contribution is -2.39. The molecule has 1 aliphatic rings. The Kier molecular flexibility index (Phi) is 4.56. The van der Waals surface area contributed by atoms with Gasteiger partial charge in [0.2, 0.25) is 0 Å². The van der Waals surface area contributed by atoms with Crippen molar-refractivity contribution < 1.29 is 0 Å². The molecule has 4 nitrogen and oxygen atoms in total. The number of nitriles is 1. The summed E-state index contributed by atoms with van der Waals surface area (Å²) in [7, 11) is 0. The lowest BCUT2D eigenvalue weighted by atomic mass is 10.0. The molecule has 5 heteroatoms. The Morgan fingerprint density at radius 2 is 2.22 bits per heavy atom. The second-order valence-corrected chi connectivity index (χ2v) is 5.62. The fraction of sp³-hybridized carbons (Fsp3) is 0.692. The van der Waals surface area contributed by atoms with Crippen molar-refractivity contribution >= 4 is 16.5 Å². The van der Waals surface area contributed by atoms with Crippen LogP contribution in [-0.2, 0) is 0 Å². The molecule has 0 bridgehead atoms. The molecule has 1 saturated heterocycles. The molecule has 0 unspecified atom stereocenters. The average Bonchev–Trinajstić information content (AvgIpc) is 2.72. The van der Waals surface area contributed by atoms with E-state index >= 15 is 0 Å². The van der Waals surface area contributed by atoms with Crippen LogP contribution in [0.2, 0.25) is 0 Å². The second-order valence-electron chi connectivity index (χ2n) is 4.84. The number of rotatable bonds is 4. The number of nitrogens with zero attached hydrogens (tertiary/aromatic N) is 3. The maximum Gasteiger partial charge on any atom is 0.127 e. The van der Waals surface area contributed by atoms with Crippen LogP contribution in [0.1, 0.15) is 37.4 Å². The van der Waals surface area contributed by atoms with E-state index in [1.165, 1.54) is 24.5 Å². The number of aryl methyl sites for hydroxylation is 1. The molecule has 2 rings (SSSR count). The van der Waals surface area contributed by atoms with Crippen LogP contribution in [-0.4, -0.2) is 34.9 Å². The molecule has 0 saturated carbocycles. The molecule has 1 aliphatic heterocycles. The van der Waals surface area contributed by atoms with E-state index in [-0.39, 0.29) is 0 Å². The van der Waals surface area contributed by atoms with Crippen molar-refractivity contribution in [2.75, 3.05) is 25.0 Å². The van der Waals surface area contributed by atoms with E-state index in [0.717, 1.165) is 42.2 Å². The van der Waals surface area contributed by atoms with Crippen LogP contribution >= 0.6 is 11.5 Å². The molecule has 0 radical (unpaired) electrons. The van der Waals surface area contributed by atoms with Crippen LogP contribution in [0.15, 0.2) is 0 Å². The monoisotopic (exact) mass is 264 g/mol. The molecular formula is C13H20N4S. The van der Waals surface area contributed by atoms with Gasteiger partial charge in [-0.15, -0.1) is 0 Å². The Bertz CT molecular complexity index is 427. The van der Waals surface area contributed by atoms with Crippen LogP contribution < -0.4 is 5.32 Å². The maximum atomic E-state index is 9.10. The molecule has 0 aliphatic carbocycles. The highest BCUT2D eigenvalue weighted by molar-refractivity contribution is 7.10. The van der Waals surface area contributed by atoms with Crippen LogP contribution in [0, 0.1) is 18.3 Å². The summed E-state index contributed by atoms with van der Waals surface area (Å²) >= 11 is 1.41. The molecule has 1 N–H and O–H groups in total. The van der Waals surface area contributed by atoms with E-state index in [1.807, 2.05) is 6.92 Å². The molecule has 18 heavy (non-hydrogen) atoms. The Hall–Kier alpha value is -1.12. The summed E-state index contributed by atoms with van der Waals surface area (Å²) in [6.07, 6.45) is 3.54. The van der Waals surface area contributed by atoms with Crippen molar-refractivity contribution in [3.8, 4) is 6.07 Å². The van der Waals surface area contributed by atoms with Gasteiger partial charge in [-0.25, -0.2) is 0 Å². The fourth-order valence-electron chi connectivity index (χ4n) is 2.40. The van der Waals surface area contributed by atoms with Gasteiger partial charge in [0.15, 0.2) is 0 Å². The third kappa shape index (κ3) is 3.01. The van der Waals surface area contributed by atoms with Gasteiger partial charge in [-0.1, -0.05) is 6.92 Å². The second kappa shape index (κ2) is 6.17. The molecule has 0 atom stereocenters. The average molecular weight is 264 g/mol. The molecule has 1 fully saturated rings. The highest BCUT2D eigenvalue weighted by Gasteiger charge is 2.20. The molecule has 98 valence electrons. The quantitative estimate of drug-likeness (QED) is 0.908. The Labute approximate surface area is 113 Å². The standard InChI is InChI=1S/C13H20N4S/c1-3-6-17-7-4-11(5-8-17)15-13-12(9-14)10(2)16-18-13/h11,15H,3-8H2,1-2H3. The zero-order valence-corrected chi connectivity index (χ0v) is 11.9. The van der Waals surface area contributed by atoms with Gasteiger partial charge in [0.1, 0.15) is 16.6 Å². The number of aromatic nitrogens is 1. The highest BCUT2D eigenvalue weighted by Crippen LogP contribution is 2.26. The van der Waals surface area contributed by atoms with Crippen molar-refractivity contribution in [2.45, 2.75) is 39.2 Å². The first-order chi connectivity index (χ1) is 8.74. The van der Waals surface area contributed by atoms with Crippen molar-refractivity contribution in [1.82, 2.24) is 9.27 Å². The number of piperidine rings is 1. The number of hydrogen-bond acceptors (Lipinski definition) is 5. The normalized spacial score (nSPS) is 17.6. The van der Waals surface area contributed by atoms with E-state index < -0.39 is 0 Å². The highest BCUT2D eigenvalue weighted by atomic mass is 32.1. The van der Waals surface area contributed by atoms with Gasteiger partial charge < -0.3 is 10.2 Å². The summed E-state index contributed by atoms with van der Waals surface area (Å²) < 4.78 is 4.24. The van der Waals surface area contributed by atoms with Gasteiger partial charge in [0.25, 0.3) is 0 Å². The molecule has 1 aromatic rings. The van der Waals surface area contributed by atoms with Crippen LogP contribution in [0.4, 0.5) is 5.00 Å². The van der Waals surface area contributed by atoms with Gasteiger partial charge >= 0.3 is 0 Å². The van der Waals surface area contributed by atoms with Crippen LogP contribution in [0.25, 0.3) is 0 Å². The number of likely N-dealkylation sites (tertiary alicyclic amines) is 1. The first-order valence-corrected chi connectivity index (χ1v) is 7.37. The van der Waals surface area contributed by atoms with Crippen molar-refractivity contribution in [3.63, 3.8) is 0 Å². The summed E-state index contributed by atoms with van der Waals surface area (Å²) in [5.41, 5.74) is 1.56. The molecule has 0 spiro atoms. The number of anilines is 1. The number of nitrogens with one attached hydrogen (secondary N) is 1. The van der Waals surface area contributed by atoms with E-state index in [4.69, 9.17) is 5.26 Å². The molecule has 0 aromatic carbocycles. The summed E-state index contributed by atoms with van der Waals surface area (Å²) in [5, 5.41) is 13.5. The minimum absolute atomic E-state index is 0.491. The predicted molar refractivity (Wildman–Crippen MR) is 74.9 cm³/mol. The molecular weight excluding hydrogens is 244 g/mol. The van der Waals surface area contributed by atoms with Crippen LogP contribution in [0.5, 0.6) is 0 Å². The smallest absolute Gasteiger partial charge is 0.127 e. The lowest BCUT2D eigenvalue weighted by molar-refractivity contribution is 0.219. The fourth-order valence-corrected chi connectivity index (χ4v) is 3.23. The zero-order chi connectivity index (χ0) is 13.0. The van der Waals surface area contributed by atoms with Crippen molar-refractivity contribution in [2.24, 2.45) is 0 Å². The van der Waals surface area contributed by atoms with E-state index in [0.29, 0.717) is 6.04 Å². The largest absolute Gasteiger partial charge is 0.372 e. The first kappa shape index (κ1) is 13.3. The SMILES string of the molecule is CCCN1CCC(Nc2snc(C)c2C#N)CC1. The Morgan fingerprint density at radius 1 is 1.50 bits per heavy atom. The maximum absolute atomic E-state index is 9.10. The lowest BCUT2D eigenvalue weighted by Gasteiger charge is -2.32. The number of hydrogen-bond donors (Lipinski definition) is 1. The molecule has 2 heterocycles. The Morgan fingerprint density at radius 3 is 2.83 bits per heavy atom. The first-order valence-electron chi connectivity index (χ1n) is 6.59. The van der Waals surface area contributed by atoms with Crippen molar-refractivity contribution in [1.29, 1.82) is 5.26 Å².